The third kappa shape index (κ3) is 4.18. The van der Waals surface area contributed by atoms with Gasteiger partial charge in [0.15, 0.2) is 0 Å². The molecular formula is C15H22N2O3. The largest absolute Gasteiger partial charge is 0.353 e. The summed E-state index contributed by atoms with van der Waals surface area (Å²) >= 11 is 0. The van der Waals surface area contributed by atoms with Gasteiger partial charge in [0, 0.05) is 31.2 Å². The average molecular weight is 278 g/mol. The Kier molecular flexibility index (Phi) is 5.32. The Hall–Kier alpha value is -1.65. The lowest BCUT2D eigenvalue weighted by atomic mass is 10.1. The van der Waals surface area contributed by atoms with E-state index in [-0.39, 0.29) is 17.7 Å². The number of imide groups is 1. The Labute approximate surface area is 119 Å². The number of nitrogens with one attached hydrogen (secondary N) is 1. The van der Waals surface area contributed by atoms with E-state index in [1.54, 1.807) is 0 Å². The van der Waals surface area contributed by atoms with Crippen LogP contribution in [-0.4, -0.2) is 35.2 Å². The van der Waals surface area contributed by atoms with Gasteiger partial charge in [0.1, 0.15) is 0 Å². The fourth-order valence-corrected chi connectivity index (χ4v) is 2.75. The summed E-state index contributed by atoms with van der Waals surface area (Å²) in [6.45, 7) is 0.453. The molecule has 3 amide bonds. The Balaban J connectivity index is 1.52. The fraction of sp³-hybridized carbons (Fsp3) is 0.667. The third-order valence-corrected chi connectivity index (χ3v) is 3.91. The minimum Gasteiger partial charge on any atom is -0.353 e. The molecular weight excluding hydrogens is 256 g/mol. The van der Waals surface area contributed by atoms with E-state index in [1.165, 1.54) is 29.9 Å². The molecule has 1 fully saturated rings. The summed E-state index contributed by atoms with van der Waals surface area (Å²) in [5.41, 5.74) is 0. The third-order valence-electron chi connectivity index (χ3n) is 3.91. The summed E-state index contributed by atoms with van der Waals surface area (Å²) in [6.07, 6.45) is 10.2. The average Bonchev–Trinajstić information content (AvgIpc) is 3.02. The summed E-state index contributed by atoms with van der Waals surface area (Å²) in [4.78, 5) is 35.5. The van der Waals surface area contributed by atoms with Gasteiger partial charge in [0.05, 0.1) is 0 Å². The molecule has 0 radical (unpaired) electrons. The topological polar surface area (TPSA) is 66.5 Å². The minimum absolute atomic E-state index is 0.131. The molecule has 2 aliphatic rings. The van der Waals surface area contributed by atoms with Gasteiger partial charge in [-0.15, -0.1) is 0 Å². The first-order chi connectivity index (χ1) is 9.66. The number of carbonyl (C=O) groups excluding carboxylic acids is 3. The first-order valence-electron chi connectivity index (χ1n) is 7.50. The van der Waals surface area contributed by atoms with Crippen LogP contribution in [0.15, 0.2) is 12.2 Å². The number of nitrogens with zero attached hydrogens (tertiary/aromatic N) is 1. The smallest absolute Gasteiger partial charge is 0.253 e. The number of hydrogen-bond acceptors (Lipinski definition) is 3. The summed E-state index contributed by atoms with van der Waals surface area (Å²) in [5, 5.41) is 3.06. The van der Waals surface area contributed by atoms with Gasteiger partial charge in [-0.25, -0.2) is 0 Å². The molecule has 0 bridgehead atoms. The Morgan fingerprint density at radius 1 is 1.10 bits per heavy atom. The van der Waals surface area contributed by atoms with Gasteiger partial charge in [0.2, 0.25) is 5.91 Å². The van der Waals surface area contributed by atoms with Gasteiger partial charge < -0.3 is 5.32 Å². The lowest BCUT2D eigenvalue weighted by Crippen LogP contribution is -2.32. The van der Waals surface area contributed by atoms with E-state index in [2.05, 4.69) is 5.32 Å². The van der Waals surface area contributed by atoms with Crippen molar-refractivity contribution < 1.29 is 14.4 Å². The number of unbranched alkanes of at least 4 members (excludes halogenated alkanes) is 2. The van der Waals surface area contributed by atoms with Gasteiger partial charge in [-0.05, 0) is 25.7 Å². The second-order valence-electron chi connectivity index (χ2n) is 5.52. The van der Waals surface area contributed by atoms with Crippen molar-refractivity contribution in [2.45, 2.75) is 57.4 Å². The number of carbonyl (C=O) groups is 3. The minimum atomic E-state index is -0.228. The molecule has 1 N–H and O–H groups in total. The predicted molar refractivity (Wildman–Crippen MR) is 74.7 cm³/mol. The van der Waals surface area contributed by atoms with Crippen molar-refractivity contribution in [1.29, 1.82) is 0 Å². The maximum Gasteiger partial charge on any atom is 0.253 e. The highest BCUT2D eigenvalue weighted by Crippen LogP contribution is 2.17. The van der Waals surface area contributed by atoms with E-state index in [0.717, 1.165) is 32.1 Å². The summed E-state index contributed by atoms with van der Waals surface area (Å²) < 4.78 is 0. The predicted octanol–water partition coefficient (Wildman–Crippen LogP) is 1.53. The molecule has 0 unspecified atom stereocenters. The first-order valence-corrected chi connectivity index (χ1v) is 7.50. The molecule has 5 nitrogen and oxygen atoms in total. The van der Waals surface area contributed by atoms with Crippen molar-refractivity contribution in [1.82, 2.24) is 10.2 Å². The van der Waals surface area contributed by atoms with Crippen LogP contribution in [0.3, 0.4) is 0 Å². The van der Waals surface area contributed by atoms with E-state index >= 15 is 0 Å². The normalized spacial score (nSPS) is 19.1. The molecule has 0 spiro atoms. The lowest BCUT2D eigenvalue weighted by Gasteiger charge is -2.13. The van der Waals surface area contributed by atoms with Crippen molar-refractivity contribution in [2.75, 3.05) is 6.54 Å². The monoisotopic (exact) mass is 278 g/mol. The molecule has 1 saturated carbocycles. The molecule has 1 heterocycles. The summed E-state index contributed by atoms with van der Waals surface area (Å²) in [6, 6.07) is 0.383. The van der Waals surface area contributed by atoms with E-state index < -0.39 is 0 Å². The lowest BCUT2D eigenvalue weighted by molar-refractivity contribution is -0.137. The van der Waals surface area contributed by atoms with Crippen molar-refractivity contribution in [2.24, 2.45) is 0 Å². The molecule has 0 aromatic rings. The zero-order valence-electron chi connectivity index (χ0n) is 11.8. The van der Waals surface area contributed by atoms with Crippen LogP contribution in [0.1, 0.15) is 51.4 Å². The van der Waals surface area contributed by atoms with E-state index in [1.807, 2.05) is 0 Å². The van der Waals surface area contributed by atoms with Gasteiger partial charge in [0.25, 0.3) is 11.8 Å². The molecule has 0 atom stereocenters. The van der Waals surface area contributed by atoms with Crippen LogP contribution in [0, 0.1) is 0 Å². The maximum absolute atomic E-state index is 11.7. The van der Waals surface area contributed by atoms with Crippen molar-refractivity contribution in [3.8, 4) is 0 Å². The molecule has 5 heteroatoms. The van der Waals surface area contributed by atoms with Crippen LogP contribution in [-0.2, 0) is 14.4 Å². The highest BCUT2D eigenvalue weighted by atomic mass is 16.2. The molecule has 0 aromatic carbocycles. The Morgan fingerprint density at radius 2 is 1.75 bits per heavy atom. The van der Waals surface area contributed by atoms with Crippen molar-refractivity contribution >= 4 is 17.7 Å². The highest BCUT2D eigenvalue weighted by molar-refractivity contribution is 6.12. The van der Waals surface area contributed by atoms with Crippen molar-refractivity contribution in [3.63, 3.8) is 0 Å². The Morgan fingerprint density at radius 3 is 2.40 bits per heavy atom. The summed E-state index contributed by atoms with van der Waals surface area (Å²) in [7, 11) is 0. The van der Waals surface area contributed by atoms with E-state index in [4.69, 9.17) is 0 Å². The quantitative estimate of drug-likeness (QED) is 0.567. The van der Waals surface area contributed by atoms with Gasteiger partial charge >= 0.3 is 0 Å². The van der Waals surface area contributed by atoms with Crippen LogP contribution in [0.5, 0.6) is 0 Å². The standard InChI is InChI=1S/C15H22N2O3/c18-13(16-12-6-3-4-7-12)8-2-1-5-11-17-14(19)9-10-15(17)20/h9-10,12H,1-8,11H2,(H,16,18). The van der Waals surface area contributed by atoms with Gasteiger partial charge in [-0.1, -0.05) is 19.3 Å². The van der Waals surface area contributed by atoms with E-state index in [0.29, 0.717) is 19.0 Å². The second kappa shape index (κ2) is 7.22. The fourth-order valence-electron chi connectivity index (χ4n) is 2.75. The highest BCUT2D eigenvalue weighted by Gasteiger charge is 2.22. The molecule has 20 heavy (non-hydrogen) atoms. The molecule has 1 aliphatic heterocycles. The zero-order chi connectivity index (χ0) is 14.4. The van der Waals surface area contributed by atoms with Gasteiger partial charge in [-0.2, -0.15) is 0 Å². The van der Waals surface area contributed by atoms with Crippen LogP contribution < -0.4 is 5.32 Å². The molecule has 0 aromatic heterocycles. The van der Waals surface area contributed by atoms with Crippen LogP contribution in [0.25, 0.3) is 0 Å². The van der Waals surface area contributed by atoms with Crippen molar-refractivity contribution in [3.05, 3.63) is 12.2 Å². The van der Waals surface area contributed by atoms with Crippen LogP contribution in [0.4, 0.5) is 0 Å². The first kappa shape index (κ1) is 14.8. The second-order valence-corrected chi connectivity index (χ2v) is 5.52. The number of amides is 3. The number of hydrogen-bond donors (Lipinski definition) is 1. The SMILES string of the molecule is O=C(CCCCCN1C(=O)C=CC1=O)NC1CCCC1. The Bertz CT molecular complexity index is 393. The zero-order valence-corrected chi connectivity index (χ0v) is 11.8. The maximum atomic E-state index is 11.7. The molecule has 1 aliphatic carbocycles. The summed E-state index contributed by atoms with van der Waals surface area (Å²) in [5.74, 6) is -0.324. The molecule has 110 valence electrons. The molecule has 2 rings (SSSR count). The van der Waals surface area contributed by atoms with Crippen LogP contribution >= 0.6 is 0 Å². The van der Waals surface area contributed by atoms with Crippen LogP contribution in [0.2, 0.25) is 0 Å². The number of rotatable bonds is 7. The van der Waals surface area contributed by atoms with E-state index in [9.17, 15) is 14.4 Å². The molecule has 0 saturated heterocycles. The van der Waals surface area contributed by atoms with Gasteiger partial charge in [-0.3, -0.25) is 19.3 Å².